The van der Waals surface area contributed by atoms with Crippen LogP contribution in [0, 0.1) is 0 Å². The molecule has 0 radical (unpaired) electrons. The average molecular weight is 278 g/mol. The summed E-state index contributed by atoms with van der Waals surface area (Å²) in [6.07, 6.45) is 0.949. The fraction of sp³-hybridized carbons (Fsp3) is 0.250. The Morgan fingerprint density at radius 3 is 2.21 bits per heavy atom. The van der Waals surface area contributed by atoms with E-state index in [2.05, 4.69) is 19.1 Å². The summed E-state index contributed by atoms with van der Waals surface area (Å²) >= 11 is 0. The quantitative estimate of drug-likeness (QED) is 0.893. The third kappa shape index (κ3) is 4.58. The molecule has 102 valence electrons. The Labute approximate surface area is 121 Å². The van der Waals surface area contributed by atoms with E-state index in [9.17, 15) is 0 Å². The highest BCUT2D eigenvalue weighted by Gasteiger charge is 2.03. The molecule has 3 heteroatoms. The normalized spacial score (nSPS) is 11.5. The number of halogens is 1. The predicted molar refractivity (Wildman–Crippen MR) is 81.7 cm³/mol. The van der Waals surface area contributed by atoms with Crippen molar-refractivity contribution in [2.24, 2.45) is 5.73 Å². The second-order valence-electron chi connectivity index (χ2n) is 4.36. The molecule has 0 saturated carbocycles. The standard InChI is InChI=1S/C16H19NO.ClH/c1-2-16(17)14-8-10-15(11-9-14)18-12-13-6-4-3-5-7-13;/h3-11,16H,2,12,17H2,1H3;1H/t16-;/m1./s1. The summed E-state index contributed by atoms with van der Waals surface area (Å²) in [5.41, 5.74) is 8.30. The van der Waals surface area contributed by atoms with Crippen LogP contribution in [0.15, 0.2) is 54.6 Å². The molecule has 0 bridgehead atoms. The van der Waals surface area contributed by atoms with Gasteiger partial charge in [0.05, 0.1) is 0 Å². The number of benzene rings is 2. The van der Waals surface area contributed by atoms with E-state index in [0.29, 0.717) is 6.61 Å². The molecule has 0 aliphatic carbocycles. The maximum absolute atomic E-state index is 5.97. The number of nitrogens with two attached hydrogens (primary N) is 1. The molecule has 2 N–H and O–H groups in total. The van der Waals surface area contributed by atoms with Crippen LogP contribution >= 0.6 is 12.4 Å². The van der Waals surface area contributed by atoms with Gasteiger partial charge >= 0.3 is 0 Å². The third-order valence-electron chi connectivity index (χ3n) is 3.00. The number of rotatable bonds is 5. The highest BCUT2D eigenvalue weighted by Crippen LogP contribution is 2.19. The second-order valence-corrected chi connectivity index (χ2v) is 4.36. The van der Waals surface area contributed by atoms with E-state index >= 15 is 0 Å². The Balaban J connectivity index is 0.00000180. The first-order valence-corrected chi connectivity index (χ1v) is 6.32. The molecule has 19 heavy (non-hydrogen) atoms. The summed E-state index contributed by atoms with van der Waals surface area (Å²) < 4.78 is 5.72. The fourth-order valence-corrected chi connectivity index (χ4v) is 1.79. The van der Waals surface area contributed by atoms with Gasteiger partial charge in [-0.1, -0.05) is 49.4 Å². The van der Waals surface area contributed by atoms with E-state index < -0.39 is 0 Å². The fourth-order valence-electron chi connectivity index (χ4n) is 1.79. The molecule has 2 rings (SSSR count). The first kappa shape index (κ1) is 15.5. The molecular weight excluding hydrogens is 258 g/mol. The van der Waals surface area contributed by atoms with Crippen molar-refractivity contribution in [3.63, 3.8) is 0 Å². The number of ether oxygens (including phenoxy) is 1. The van der Waals surface area contributed by atoms with Gasteiger partial charge in [0.2, 0.25) is 0 Å². The van der Waals surface area contributed by atoms with E-state index in [0.717, 1.165) is 17.7 Å². The van der Waals surface area contributed by atoms with Crippen LogP contribution in [0.2, 0.25) is 0 Å². The zero-order valence-corrected chi connectivity index (χ0v) is 11.9. The van der Waals surface area contributed by atoms with Crippen LogP contribution < -0.4 is 10.5 Å². The van der Waals surface area contributed by atoms with Crippen LogP contribution in [0.1, 0.15) is 30.5 Å². The van der Waals surface area contributed by atoms with E-state index in [1.54, 1.807) is 0 Å². The molecule has 0 unspecified atom stereocenters. The van der Waals surface area contributed by atoms with Gasteiger partial charge in [0.1, 0.15) is 12.4 Å². The van der Waals surface area contributed by atoms with Gasteiger partial charge < -0.3 is 10.5 Å². The largest absolute Gasteiger partial charge is 0.489 e. The van der Waals surface area contributed by atoms with Crippen molar-refractivity contribution in [3.8, 4) is 5.75 Å². The molecule has 2 aromatic rings. The topological polar surface area (TPSA) is 35.2 Å². The molecule has 0 amide bonds. The van der Waals surface area contributed by atoms with Crippen LogP contribution in [-0.4, -0.2) is 0 Å². The van der Waals surface area contributed by atoms with Gasteiger partial charge in [-0.3, -0.25) is 0 Å². The Bertz CT molecular complexity index is 470. The molecule has 0 aromatic heterocycles. The zero-order chi connectivity index (χ0) is 12.8. The maximum Gasteiger partial charge on any atom is 0.119 e. The van der Waals surface area contributed by atoms with Gasteiger partial charge in [-0.25, -0.2) is 0 Å². The van der Waals surface area contributed by atoms with Gasteiger partial charge in [-0.15, -0.1) is 12.4 Å². The summed E-state index contributed by atoms with van der Waals surface area (Å²) in [7, 11) is 0. The highest BCUT2D eigenvalue weighted by atomic mass is 35.5. The number of hydrogen-bond donors (Lipinski definition) is 1. The lowest BCUT2D eigenvalue weighted by atomic mass is 10.1. The van der Waals surface area contributed by atoms with Crippen molar-refractivity contribution < 1.29 is 4.74 Å². The molecule has 1 atom stereocenters. The Morgan fingerprint density at radius 2 is 1.63 bits per heavy atom. The minimum Gasteiger partial charge on any atom is -0.489 e. The highest BCUT2D eigenvalue weighted by molar-refractivity contribution is 5.85. The van der Waals surface area contributed by atoms with E-state index in [-0.39, 0.29) is 18.4 Å². The van der Waals surface area contributed by atoms with Gasteiger partial charge in [0.25, 0.3) is 0 Å². The van der Waals surface area contributed by atoms with Gasteiger partial charge in [0, 0.05) is 6.04 Å². The van der Waals surface area contributed by atoms with Crippen LogP contribution in [-0.2, 0) is 6.61 Å². The summed E-state index contributed by atoms with van der Waals surface area (Å²) in [4.78, 5) is 0. The Kier molecular flexibility index (Phi) is 6.40. The van der Waals surface area contributed by atoms with Gasteiger partial charge in [-0.2, -0.15) is 0 Å². The molecule has 0 heterocycles. The van der Waals surface area contributed by atoms with Crippen molar-refractivity contribution in [3.05, 3.63) is 65.7 Å². The monoisotopic (exact) mass is 277 g/mol. The molecule has 2 nitrogen and oxygen atoms in total. The smallest absolute Gasteiger partial charge is 0.119 e. The maximum atomic E-state index is 5.97. The minimum absolute atomic E-state index is 0. The van der Waals surface area contributed by atoms with E-state index in [1.807, 2.05) is 42.5 Å². The van der Waals surface area contributed by atoms with Crippen LogP contribution in [0.4, 0.5) is 0 Å². The van der Waals surface area contributed by atoms with Crippen molar-refractivity contribution in [2.45, 2.75) is 26.0 Å². The molecule has 0 fully saturated rings. The first-order chi connectivity index (χ1) is 8.79. The summed E-state index contributed by atoms with van der Waals surface area (Å²) in [6, 6.07) is 18.3. The molecule has 0 spiro atoms. The molecule has 0 saturated heterocycles. The van der Waals surface area contributed by atoms with Crippen molar-refractivity contribution in [2.75, 3.05) is 0 Å². The van der Waals surface area contributed by atoms with Crippen molar-refractivity contribution in [1.29, 1.82) is 0 Å². The van der Waals surface area contributed by atoms with E-state index in [1.165, 1.54) is 5.56 Å². The van der Waals surface area contributed by atoms with E-state index in [4.69, 9.17) is 10.5 Å². The lowest BCUT2D eigenvalue weighted by molar-refractivity contribution is 0.306. The zero-order valence-electron chi connectivity index (χ0n) is 11.1. The molecular formula is C16H20ClNO. The lowest BCUT2D eigenvalue weighted by Gasteiger charge is -2.10. The molecule has 2 aromatic carbocycles. The minimum atomic E-state index is 0. The molecule has 0 aliphatic heterocycles. The van der Waals surface area contributed by atoms with Crippen LogP contribution in [0.25, 0.3) is 0 Å². The Morgan fingerprint density at radius 1 is 1.00 bits per heavy atom. The average Bonchev–Trinajstić information content (AvgIpc) is 2.46. The Hall–Kier alpha value is -1.51. The summed E-state index contributed by atoms with van der Waals surface area (Å²) in [6.45, 7) is 2.69. The third-order valence-corrected chi connectivity index (χ3v) is 3.00. The number of hydrogen-bond acceptors (Lipinski definition) is 2. The van der Waals surface area contributed by atoms with Crippen LogP contribution in [0.3, 0.4) is 0 Å². The lowest BCUT2D eigenvalue weighted by Crippen LogP contribution is -2.08. The van der Waals surface area contributed by atoms with Crippen LogP contribution in [0.5, 0.6) is 5.75 Å². The SMILES string of the molecule is CC[C@@H](N)c1ccc(OCc2ccccc2)cc1.Cl. The summed E-state index contributed by atoms with van der Waals surface area (Å²) in [5, 5.41) is 0. The molecule has 0 aliphatic rings. The van der Waals surface area contributed by atoms with Gasteiger partial charge in [0.15, 0.2) is 0 Å². The van der Waals surface area contributed by atoms with Crippen molar-refractivity contribution in [1.82, 2.24) is 0 Å². The first-order valence-electron chi connectivity index (χ1n) is 6.32. The predicted octanol–water partition coefficient (Wildman–Crippen LogP) is 4.10. The summed E-state index contributed by atoms with van der Waals surface area (Å²) in [5.74, 6) is 0.880. The second kappa shape index (κ2) is 7.82. The van der Waals surface area contributed by atoms with Crippen molar-refractivity contribution >= 4 is 12.4 Å². The van der Waals surface area contributed by atoms with Gasteiger partial charge in [-0.05, 0) is 29.7 Å².